The van der Waals surface area contributed by atoms with Crippen molar-refractivity contribution in [2.75, 3.05) is 7.11 Å². The van der Waals surface area contributed by atoms with Gasteiger partial charge in [0.1, 0.15) is 5.58 Å². The Morgan fingerprint density at radius 1 is 1.41 bits per heavy atom. The monoisotopic (exact) mass is 304 g/mol. The highest BCUT2D eigenvalue weighted by atomic mass is 79.9. The van der Waals surface area contributed by atoms with E-state index in [1.165, 1.54) is 6.07 Å². The van der Waals surface area contributed by atoms with Gasteiger partial charge in [0.2, 0.25) is 0 Å². The fourth-order valence-electron chi connectivity index (χ4n) is 1.40. The van der Waals surface area contributed by atoms with Crippen molar-refractivity contribution < 1.29 is 22.7 Å². The first-order valence-electron chi connectivity index (χ1n) is 4.61. The van der Waals surface area contributed by atoms with E-state index in [4.69, 9.17) is 4.42 Å². The minimum Gasteiger partial charge on any atom is -0.464 e. The molecule has 2 rings (SSSR count). The van der Waals surface area contributed by atoms with Crippen LogP contribution in [-0.2, 0) is 15.5 Å². The Morgan fingerprint density at radius 3 is 2.76 bits per heavy atom. The second-order valence-electron chi connectivity index (χ2n) is 3.36. The summed E-state index contributed by atoms with van der Waals surface area (Å²) in [5.74, 6) is -6.15. The second-order valence-corrected chi connectivity index (χ2v) is 4.27. The number of alkyl halides is 2. The Balaban J connectivity index is 2.53. The van der Waals surface area contributed by atoms with Gasteiger partial charge in [0.15, 0.2) is 5.76 Å². The predicted octanol–water partition coefficient (Wildman–Crippen LogP) is 3.46. The summed E-state index contributed by atoms with van der Waals surface area (Å²) >= 11 is 3.21. The number of hydrogen-bond donors (Lipinski definition) is 0. The molecule has 17 heavy (non-hydrogen) atoms. The standard InChI is InChI=1S/C11H7BrF2O3/c1-16-10(15)11(13,14)9-5-6-4-7(12)2-3-8(6)17-9/h2-5H,1H3. The summed E-state index contributed by atoms with van der Waals surface area (Å²) in [6.45, 7) is 0. The van der Waals surface area contributed by atoms with Gasteiger partial charge in [-0.2, -0.15) is 8.78 Å². The zero-order valence-electron chi connectivity index (χ0n) is 8.67. The van der Waals surface area contributed by atoms with Gasteiger partial charge >= 0.3 is 11.9 Å². The van der Waals surface area contributed by atoms with Crippen LogP contribution in [0.25, 0.3) is 11.0 Å². The van der Waals surface area contributed by atoms with Crippen LogP contribution in [0, 0.1) is 0 Å². The van der Waals surface area contributed by atoms with Crippen LogP contribution in [0.1, 0.15) is 5.76 Å². The van der Waals surface area contributed by atoms with Gasteiger partial charge in [-0.25, -0.2) is 4.79 Å². The number of furan rings is 1. The van der Waals surface area contributed by atoms with E-state index in [2.05, 4.69) is 20.7 Å². The maximum atomic E-state index is 13.5. The highest BCUT2D eigenvalue weighted by Crippen LogP contribution is 2.34. The van der Waals surface area contributed by atoms with Gasteiger partial charge in [0.05, 0.1) is 7.11 Å². The first-order valence-corrected chi connectivity index (χ1v) is 5.40. The van der Waals surface area contributed by atoms with Gasteiger partial charge in [-0.3, -0.25) is 0 Å². The minimum absolute atomic E-state index is 0.284. The smallest absolute Gasteiger partial charge is 0.399 e. The van der Waals surface area contributed by atoms with Crippen LogP contribution >= 0.6 is 15.9 Å². The largest absolute Gasteiger partial charge is 0.464 e. The number of rotatable bonds is 2. The van der Waals surface area contributed by atoms with Gasteiger partial charge in [-0.1, -0.05) is 15.9 Å². The van der Waals surface area contributed by atoms with Crippen molar-refractivity contribution in [2.24, 2.45) is 0 Å². The molecule has 0 spiro atoms. The molecular weight excluding hydrogens is 298 g/mol. The lowest BCUT2D eigenvalue weighted by molar-refractivity contribution is -0.172. The number of benzene rings is 1. The summed E-state index contributed by atoms with van der Waals surface area (Å²) in [5.41, 5.74) is 0.284. The lowest BCUT2D eigenvalue weighted by Crippen LogP contribution is -2.26. The van der Waals surface area contributed by atoms with E-state index in [0.29, 0.717) is 5.39 Å². The number of methoxy groups -OCH3 is 1. The van der Waals surface area contributed by atoms with Crippen LogP contribution in [0.2, 0.25) is 0 Å². The molecule has 0 aliphatic heterocycles. The summed E-state index contributed by atoms with van der Waals surface area (Å²) in [6, 6.07) is 5.94. The van der Waals surface area contributed by atoms with E-state index in [1.54, 1.807) is 12.1 Å². The first-order chi connectivity index (χ1) is 7.95. The maximum Gasteiger partial charge on any atom is 0.399 e. The molecule has 1 aromatic carbocycles. The molecule has 6 heteroatoms. The van der Waals surface area contributed by atoms with Crippen molar-refractivity contribution in [3.8, 4) is 0 Å². The zero-order valence-corrected chi connectivity index (χ0v) is 10.3. The Morgan fingerprint density at radius 2 is 2.12 bits per heavy atom. The van der Waals surface area contributed by atoms with Gasteiger partial charge in [-0.05, 0) is 24.3 Å². The van der Waals surface area contributed by atoms with E-state index in [-0.39, 0.29) is 5.58 Å². The molecule has 0 atom stereocenters. The number of halogens is 3. The fraction of sp³-hybridized carbons (Fsp3) is 0.182. The average Bonchev–Trinajstić information content (AvgIpc) is 2.71. The SMILES string of the molecule is COC(=O)C(F)(F)c1cc2cc(Br)ccc2o1. The molecule has 90 valence electrons. The Bertz CT molecular complexity index is 577. The summed E-state index contributed by atoms with van der Waals surface area (Å²) in [7, 11) is 0.898. The highest BCUT2D eigenvalue weighted by molar-refractivity contribution is 9.10. The van der Waals surface area contributed by atoms with E-state index in [0.717, 1.165) is 17.6 Å². The lowest BCUT2D eigenvalue weighted by Gasteiger charge is -2.09. The molecule has 0 unspecified atom stereocenters. The third kappa shape index (κ3) is 2.04. The van der Waals surface area contributed by atoms with Crippen molar-refractivity contribution in [1.82, 2.24) is 0 Å². The maximum absolute atomic E-state index is 13.5. The molecule has 0 aliphatic rings. The molecule has 2 aromatic rings. The van der Waals surface area contributed by atoms with E-state index in [1.807, 2.05) is 0 Å². The highest BCUT2D eigenvalue weighted by Gasteiger charge is 2.45. The van der Waals surface area contributed by atoms with Crippen LogP contribution in [0.3, 0.4) is 0 Å². The Labute approximate surface area is 103 Å². The minimum atomic E-state index is -3.78. The van der Waals surface area contributed by atoms with Crippen LogP contribution in [0.4, 0.5) is 8.78 Å². The first kappa shape index (κ1) is 12.0. The van der Waals surface area contributed by atoms with E-state index in [9.17, 15) is 13.6 Å². The lowest BCUT2D eigenvalue weighted by atomic mass is 10.2. The molecule has 0 bridgehead atoms. The molecule has 1 heterocycles. The summed E-state index contributed by atoms with van der Waals surface area (Å²) in [4.78, 5) is 10.9. The third-order valence-corrected chi connectivity index (χ3v) is 2.72. The zero-order chi connectivity index (χ0) is 12.6. The molecule has 0 amide bonds. The summed E-state index contributed by atoms with van der Waals surface area (Å²) in [5, 5.41) is 0.484. The van der Waals surface area contributed by atoms with E-state index < -0.39 is 17.7 Å². The predicted molar refractivity (Wildman–Crippen MR) is 59.8 cm³/mol. The number of fused-ring (bicyclic) bond motifs is 1. The van der Waals surface area contributed by atoms with Gasteiger partial charge in [0.25, 0.3) is 0 Å². The van der Waals surface area contributed by atoms with Crippen molar-refractivity contribution in [3.63, 3.8) is 0 Å². The molecule has 3 nitrogen and oxygen atoms in total. The molecule has 0 radical (unpaired) electrons. The van der Waals surface area contributed by atoms with Gasteiger partial charge in [-0.15, -0.1) is 0 Å². The number of hydrogen-bond acceptors (Lipinski definition) is 3. The topological polar surface area (TPSA) is 39.4 Å². The Hall–Kier alpha value is -1.43. The van der Waals surface area contributed by atoms with Crippen LogP contribution < -0.4 is 0 Å². The molecule has 0 fully saturated rings. The number of carbonyl (C=O) groups excluding carboxylic acids is 1. The van der Waals surface area contributed by atoms with Gasteiger partial charge in [0, 0.05) is 9.86 Å². The van der Waals surface area contributed by atoms with Gasteiger partial charge < -0.3 is 9.15 Å². The number of ether oxygens (including phenoxy) is 1. The summed E-state index contributed by atoms with van der Waals surface area (Å²) in [6.07, 6.45) is 0. The quantitative estimate of drug-likeness (QED) is 0.798. The molecule has 0 N–H and O–H groups in total. The Kier molecular flexibility index (Phi) is 2.91. The van der Waals surface area contributed by atoms with Crippen molar-refractivity contribution in [2.45, 2.75) is 5.92 Å². The van der Waals surface area contributed by atoms with Crippen molar-refractivity contribution in [1.29, 1.82) is 0 Å². The second kappa shape index (κ2) is 4.10. The molecule has 0 aliphatic carbocycles. The summed E-state index contributed by atoms with van der Waals surface area (Å²) < 4.78 is 36.7. The van der Waals surface area contributed by atoms with Crippen molar-refractivity contribution in [3.05, 3.63) is 34.5 Å². The van der Waals surface area contributed by atoms with E-state index >= 15 is 0 Å². The molecule has 0 saturated heterocycles. The number of carbonyl (C=O) groups is 1. The molecule has 1 aromatic heterocycles. The third-order valence-electron chi connectivity index (χ3n) is 2.23. The van der Waals surface area contributed by atoms with Crippen LogP contribution in [-0.4, -0.2) is 13.1 Å². The number of esters is 1. The average molecular weight is 305 g/mol. The van der Waals surface area contributed by atoms with Crippen LogP contribution in [0.5, 0.6) is 0 Å². The fourth-order valence-corrected chi connectivity index (χ4v) is 1.78. The normalized spacial score (nSPS) is 11.8. The van der Waals surface area contributed by atoms with Crippen LogP contribution in [0.15, 0.2) is 33.2 Å². The molecule has 0 saturated carbocycles. The van der Waals surface area contributed by atoms with Crippen molar-refractivity contribution >= 4 is 32.9 Å². The molecular formula is C11H7BrF2O3.